The lowest BCUT2D eigenvalue weighted by Crippen LogP contribution is -2.47. The molecule has 2 fully saturated rings. The van der Waals surface area contributed by atoms with Gasteiger partial charge in [-0.1, -0.05) is 31.7 Å². The Morgan fingerprint density at radius 3 is 2.25 bits per heavy atom. The van der Waals surface area contributed by atoms with Crippen molar-refractivity contribution in [1.29, 1.82) is 0 Å². The topological polar surface area (TPSA) is 111 Å². The molecule has 9 nitrogen and oxygen atoms in total. The van der Waals surface area contributed by atoms with Crippen molar-refractivity contribution < 1.29 is 24.2 Å². The van der Waals surface area contributed by atoms with Crippen LogP contribution in [0.25, 0.3) is 0 Å². The Balaban J connectivity index is 0.00000289. The Bertz CT molecular complexity index is 855. The number of amides is 4. The number of nitrogens with one attached hydrogen (secondary N) is 2. The maximum atomic E-state index is 12.6. The summed E-state index contributed by atoms with van der Waals surface area (Å²) >= 11 is 0. The molecule has 3 heterocycles. The van der Waals surface area contributed by atoms with E-state index in [0.717, 1.165) is 5.56 Å². The number of carbonyl (C=O) groups is 3. The second-order valence-electron chi connectivity index (χ2n) is 8.45. The minimum absolute atomic E-state index is 0. The molecule has 2 saturated heterocycles. The lowest BCUT2D eigenvalue weighted by atomic mass is 9.85. The van der Waals surface area contributed by atoms with Gasteiger partial charge in [0.2, 0.25) is 11.8 Å². The van der Waals surface area contributed by atoms with Crippen molar-refractivity contribution in [1.82, 2.24) is 20.4 Å². The Morgan fingerprint density at radius 1 is 1.09 bits per heavy atom. The molecular formula is C23H32N4O5. The predicted octanol–water partition coefficient (Wildman–Crippen LogP) is 0.739. The molecule has 0 aromatic heterocycles. The summed E-state index contributed by atoms with van der Waals surface area (Å²) < 4.78 is 5.62. The van der Waals surface area contributed by atoms with Crippen molar-refractivity contribution in [2.24, 2.45) is 11.8 Å². The highest BCUT2D eigenvalue weighted by atomic mass is 16.5. The normalized spacial score (nSPS) is 26.3. The van der Waals surface area contributed by atoms with Crippen LogP contribution in [0.2, 0.25) is 0 Å². The number of fused-ring (bicyclic) bond motifs is 5. The minimum Gasteiger partial charge on any atom is -0.508 e. The average molecular weight is 445 g/mol. The number of benzene rings is 1. The third-order valence-electron chi connectivity index (χ3n) is 6.26. The van der Waals surface area contributed by atoms with Crippen molar-refractivity contribution in [2.75, 3.05) is 33.7 Å². The van der Waals surface area contributed by atoms with Gasteiger partial charge >= 0.3 is 6.03 Å². The fraction of sp³-hybridized carbons (Fsp3) is 0.522. The molecule has 3 aliphatic heterocycles. The van der Waals surface area contributed by atoms with E-state index in [1.54, 1.807) is 12.1 Å². The Kier molecular flexibility index (Phi) is 7.20. The van der Waals surface area contributed by atoms with Crippen LogP contribution >= 0.6 is 0 Å². The zero-order valence-electron chi connectivity index (χ0n) is 17.7. The van der Waals surface area contributed by atoms with E-state index in [4.69, 9.17) is 4.74 Å². The van der Waals surface area contributed by atoms with Crippen molar-refractivity contribution in [2.45, 2.75) is 32.1 Å². The van der Waals surface area contributed by atoms with Crippen molar-refractivity contribution in [3.63, 3.8) is 0 Å². The lowest BCUT2D eigenvalue weighted by molar-refractivity contribution is -0.142. The van der Waals surface area contributed by atoms with Gasteiger partial charge in [-0.25, -0.2) is 4.79 Å². The third-order valence-corrected chi connectivity index (χ3v) is 6.26. The van der Waals surface area contributed by atoms with Gasteiger partial charge in [0.15, 0.2) is 0 Å². The highest BCUT2D eigenvalue weighted by Gasteiger charge is 2.60. The molecule has 0 radical (unpaired) electrons. The third kappa shape index (κ3) is 4.63. The summed E-state index contributed by atoms with van der Waals surface area (Å²) in [4.78, 5) is 40.7. The summed E-state index contributed by atoms with van der Waals surface area (Å²) in [7, 11) is 3.88. The van der Waals surface area contributed by atoms with Crippen molar-refractivity contribution in [3.05, 3.63) is 42.0 Å². The molecule has 174 valence electrons. The molecule has 3 N–H and O–H groups in total. The molecule has 32 heavy (non-hydrogen) atoms. The van der Waals surface area contributed by atoms with E-state index in [1.807, 2.05) is 43.3 Å². The van der Waals surface area contributed by atoms with Crippen LogP contribution in [-0.2, 0) is 20.7 Å². The van der Waals surface area contributed by atoms with Crippen LogP contribution in [0.1, 0.15) is 13.0 Å². The summed E-state index contributed by atoms with van der Waals surface area (Å²) in [5, 5.41) is 15.0. The number of nitrogens with zero attached hydrogens (tertiary/aromatic N) is 2. The highest BCUT2D eigenvalue weighted by Crippen LogP contribution is 2.44. The molecule has 0 spiro atoms. The first-order chi connectivity index (χ1) is 14.8. The van der Waals surface area contributed by atoms with Crippen LogP contribution in [0.15, 0.2) is 36.4 Å². The van der Waals surface area contributed by atoms with Crippen LogP contribution in [0.4, 0.5) is 4.79 Å². The molecule has 4 rings (SSSR count). The number of likely N-dealkylation sites (N-methyl/N-ethyl adjacent to an activating group) is 1. The van der Waals surface area contributed by atoms with Crippen molar-refractivity contribution >= 4 is 17.8 Å². The summed E-state index contributed by atoms with van der Waals surface area (Å²) in [5.41, 5.74) is 1.06. The number of hydrogen-bond donors (Lipinski definition) is 3. The van der Waals surface area contributed by atoms with E-state index in [2.05, 4.69) is 10.6 Å². The van der Waals surface area contributed by atoms with E-state index in [1.165, 1.54) is 4.90 Å². The maximum absolute atomic E-state index is 12.6. The quantitative estimate of drug-likeness (QED) is 0.403. The Labute approximate surface area is 188 Å². The number of rotatable bonds is 8. The molecule has 4 amide bonds. The van der Waals surface area contributed by atoms with E-state index in [0.29, 0.717) is 13.0 Å². The minimum atomic E-state index is -0.419. The average Bonchev–Trinajstić information content (AvgIpc) is 3.42. The Hall–Kier alpha value is -2.91. The SMILES string of the molecule is C.CN(C)[C@H](CNC(=O)NCCN1C(=O)C2C3C=CC(O3)C2C1=O)Cc1ccc(O)cc1. The fourth-order valence-corrected chi connectivity index (χ4v) is 4.48. The number of aromatic hydroxyl groups is 1. The van der Waals surface area contributed by atoms with E-state index in [-0.39, 0.29) is 62.4 Å². The number of ether oxygens (including phenoxy) is 1. The van der Waals surface area contributed by atoms with Gasteiger partial charge in [-0.3, -0.25) is 14.5 Å². The zero-order valence-corrected chi connectivity index (χ0v) is 17.7. The molecule has 1 aromatic rings. The van der Waals surface area contributed by atoms with Crippen LogP contribution in [0, 0.1) is 11.8 Å². The molecule has 1 aromatic carbocycles. The van der Waals surface area contributed by atoms with Gasteiger partial charge in [0, 0.05) is 25.7 Å². The number of imide groups is 1. The van der Waals surface area contributed by atoms with Crippen molar-refractivity contribution in [3.8, 4) is 5.75 Å². The molecule has 4 unspecified atom stereocenters. The van der Waals surface area contributed by atoms with Gasteiger partial charge in [-0.2, -0.15) is 0 Å². The number of carbonyl (C=O) groups excluding carboxylic acids is 3. The van der Waals surface area contributed by atoms with Gasteiger partial charge in [0.1, 0.15) is 5.75 Å². The standard InChI is InChI=1S/C22H28N4O5.CH4/c1-25(2)14(11-13-3-5-15(27)6-4-13)12-24-22(30)23-9-10-26-20(28)18-16-7-8-17(31-16)19(18)21(26)29;/h3-8,14,16-19,27H,9-12H2,1-2H3,(H2,23,24,30);1H4/t14-,16?,17?,18?,19?;/m0./s1. The number of urea groups is 1. The van der Waals surface area contributed by atoms with Gasteiger partial charge in [0.05, 0.1) is 24.0 Å². The van der Waals surface area contributed by atoms with Crippen LogP contribution in [0.5, 0.6) is 5.75 Å². The monoisotopic (exact) mass is 444 g/mol. The van der Waals surface area contributed by atoms with Gasteiger partial charge < -0.3 is 25.4 Å². The first kappa shape index (κ1) is 23.7. The number of likely N-dealkylation sites (tertiary alicyclic amines) is 1. The Morgan fingerprint density at radius 2 is 1.69 bits per heavy atom. The van der Waals surface area contributed by atoms with E-state index >= 15 is 0 Å². The smallest absolute Gasteiger partial charge is 0.314 e. The first-order valence-corrected chi connectivity index (χ1v) is 10.5. The zero-order chi connectivity index (χ0) is 22.1. The van der Waals surface area contributed by atoms with Crippen LogP contribution in [0.3, 0.4) is 0 Å². The number of phenols is 1. The lowest BCUT2D eigenvalue weighted by Gasteiger charge is -2.25. The summed E-state index contributed by atoms with van der Waals surface area (Å²) in [6, 6.07) is 6.73. The molecular weight excluding hydrogens is 412 g/mol. The van der Waals surface area contributed by atoms with Gasteiger partial charge in [-0.15, -0.1) is 0 Å². The predicted molar refractivity (Wildman–Crippen MR) is 119 cm³/mol. The van der Waals surface area contributed by atoms with E-state index in [9.17, 15) is 19.5 Å². The maximum Gasteiger partial charge on any atom is 0.314 e. The molecule has 0 aliphatic carbocycles. The second kappa shape index (κ2) is 9.70. The van der Waals surface area contributed by atoms with E-state index < -0.39 is 11.8 Å². The summed E-state index contributed by atoms with van der Waals surface area (Å²) in [6.07, 6.45) is 3.82. The fourth-order valence-electron chi connectivity index (χ4n) is 4.48. The van der Waals surface area contributed by atoms with Crippen LogP contribution < -0.4 is 10.6 Å². The van der Waals surface area contributed by atoms with Gasteiger partial charge in [-0.05, 0) is 38.2 Å². The van der Waals surface area contributed by atoms with Gasteiger partial charge in [0.25, 0.3) is 0 Å². The number of hydrogen-bond acceptors (Lipinski definition) is 6. The second-order valence-corrected chi connectivity index (χ2v) is 8.45. The summed E-state index contributed by atoms with van der Waals surface area (Å²) in [5.74, 6) is -1.04. The molecule has 9 heteroatoms. The first-order valence-electron chi connectivity index (χ1n) is 10.5. The molecule has 2 bridgehead atoms. The molecule has 0 saturated carbocycles. The van der Waals surface area contributed by atoms with Crippen LogP contribution in [-0.4, -0.2) is 84.7 Å². The summed E-state index contributed by atoms with van der Waals surface area (Å²) in [6.45, 7) is 0.775. The molecule has 3 aliphatic rings. The highest BCUT2D eigenvalue weighted by molar-refractivity contribution is 6.06. The molecule has 5 atom stereocenters. The number of phenolic OH excluding ortho intramolecular Hbond substituents is 1. The largest absolute Gasteiger partial charge is 0.508 e.